The van der Waals surface area contributed by atoms with Crippen LogP contribution in [0.2, 0.25) is 0 Å². The minimum atomic E-state index is -3.84. The number of fused-ring (bicyclic) bond motifs is 1. The Hall–Kier alpha value is -1.70. The van der Waals surface area contributed by atoms with Crippen LogP contribution < -0.4 is 4.72 Å². The number of benzene rings is 1. The number of carboxylic acid groups (broad SMARTS) is 1. The summed E-state index contributed by atoms with van der Waals surface area (Å²) in [7, 11) is -3.84. The van der Waals surface area contributed by atoms with Crippen LogP contribution in [0.25, 0.3) is 0 Å². The van der Waals surface area contributed by atoms with Crippen LogP contribution in [0.5, 0.6) is 0 Å². The number of hydrogen-bond donors (Lipinski definition) is 2. The Morgan fingerprint density at radius 2 is 2.10 bits per heavy atom. The summed E-state index contributed by atoms with van der Waals surface area (Å²) >= 11 is 0. The molecule has 0 aliphatic carbocycles. The molecule has 114 valence electrons. The lowest BCUT2D eigenvalue weighted by Crippen LogP contribution is -2.49. The second kappa shape index (κ2) is 6.38. The first-order valence-corrected chi connectivity index (χ1v) is 8.06. The summed E-state index contributed by atoms with van der Waals surface area (Å²) in [4.78, 5) is 11.1. The molecule has 21 heavy (non-hydrogen) atoms. The first kappa shape index (κ1) is 15.7. The lowest BCUT2D eigenvalue weighted by Gasteiger charge is -2.29. The van der Waals surface area contributed by atoms with Crippen molar-refractivity contribution in [1.29, 1.82) is 0 Å². The first-order chi connectivity index (χ1) is 9.94. The van der Waals surface area contributed by atoms with E-state index in [0.717, 1.165) is 11.1 Å². The fraction of sp³-hybridized carbons (Fsp3) is 0.357. The van der Waals surface area contributed by atoms with Crippen molar-refractivity contribution < 1.29 is 18.3 Å². The van der Waals surface area contributed by atoms with Crippen molar-refractivity contribution in [3.05, 3.63) is 48.0 Å². The lowest BCUT2D eigenvalue weighted by atomic mass is 10.0. The molecule has 2 N–H and O–H groups in total. The minimum absolute atomic E-state index is 0.0407. The Bertz CT molecular complexity index is 642. The highest BCUT2D eigenvalue weighted by molar-refractivity contribution is 7.87. The summed E-state index contributed by atoms with van der Waals surface area (Å²) in [6.07, 6.45) is 2.04. The summed E-state index contributed by atoms with van der Waals surface area (Å²) in [5.41, 5.74) is 2.08. The molecule has 1 aliphatic heterocycles. The van der Waals surface area contributed by atoms with Gasteiger partial charge in [-0.05, 0) is 24.0 Å². The maximum atomic E-state index is 12.3. The van der Waals surface area contributed by atoms with Gasteiger partial charge in [-0.25, -0.2) is 0 Å². The fourth-order valence-corrected chi connectivity index (χ4v) is 3.64. The van der Waals surface area contributed by atoms with E-state index in [1.807, 2.05) is 24.3 Å². The van der Waals surface area contributed by atoms with Crippen LogP contribution in [-0.2, 0) is 28.0 Å². The topological polar surface area (TPSA) is 86.7 Å². The number of hydrogen-bond acceptors (Lipinski definition) is 3. The second-order valence-electron chi connectivity index (χ2n) is 4.89. The zero-order valence-corrected chi connectivity index (χ0v) is 12.3. The van der Waals surface area contributed by atoms with Gasteiger partial charge in [-0.2, -0.15) is 17.4 Å². The third-order valence-corrected chi connectivity index (χ3v) is 5.00. The zero-order valence-electron chi connectivity index (χ0n) is 11.5. The quantitative estimate of drug-likeness (QED) is 0.765. The molecule has 0 saturated heterocycles. The van der Waals surface area contributed by atoms with Gasteiger partial charge in [0.1, 0.15) is 6.04 Å². The monoisotopic (exact) mass is 310 g/mol. The van der Waals surface area contributed by atoms with Crippen LogP contribution in [0.3, 0.4) is 0 Å². The summed E-state index contributed by atoms with van der Waals surface area (Å²) in [5.74, 6) is -1.21. The second-order valence-corrected chi connectivity index (χ2v) is 6.59. The molecule has 0 fully saturated rings. The van der Waals surface area contributed by atoms with Gasteiger partial charge in [0, 0.05) is 13.1 Å². The number of carboxylic acids is 1. The molecule has 1 aromatic rings. The van der Waals surface area contributed by atoms with Crippen molar-refractivity contribution >= 4 is 16.2 Å². The van der Waals surface area contributed by atoms with Gasteiger partial charge in [0.25, 0.3) is 10.2 Å². The number of nitrogens with one attached hydrogen (secondary N) is 1. The molecule has 1 aliphatic rings. The van der Waals surface area contributed by atoms with Crippen LogP contribution >= 0.6 is 0 Å². The molecule has 2 rings (SSSR count). The number of nitrogens with zero attached hydrogens (tertiary/aromatic N) is 1. The Morgan fingerprint density at radius 3 is 2.71 bits per heavy atom. The van der Waals surface area contributed by atoms with Crippen molar-refractivity contribution in [3.63, 3.8) is 0 Å². The molecule has 0 bridgehead atoms. The van der Waals surface area contributed by atoms with E-state index in [2.05, 4.69) is 11.3 Å². The summed E-state index contributed by atoms with van der Waals surface area (Å²) < 4.78 is 28.1. The molecule has 0 spiro atoms. The zero-order chi connectivity index (χ0) is 15.5. The van der Waals surface area contributed by atoms with E-state index in [9.17, 15) is 13.2 Å². The number of aliphatic carboxylic acids is 1. The Morgan fingerprint density at radius 1 is 1.43 bits per heavy atom. The molecule has 0 radical (unpaired) electrons. The Kier molecular flexibility index (Phi) is 4.76. The molecule has 0 aromatic heterocycles. The van der Waals surface area contributed by atoms with Crippen LogP contribution in [-0.4, -0.2) is 36.4 Å². The van der Waals surface area contributed by atoms with E-state index >= 15 is 0 Å². The maximum Gasteiger partial charge on any atom is 0.322 e. The van der Waals surface area contributed by atoms with Gasteiger partial charge in [-0.1, -0.05) is 30.3 Å². The van der Waals surface area contributed by atoms with Gasteiger partial charge in [0.15, 0.2) is 0 Å². The average Bonchev–Trinajstić information content (AvgIpc) is 2.46. The van der Waals surface area contributed by atoms with Crippen molar-refractivity contribution in [2.45, 2.75) is 25.4 Å². The summed E-state index contributed by atoms with van der Waals surface area (Å²) in [6.45, 7) is 4.04. The number of rotatable bonds is 6. The molecule has 6 nitrogen and oxygen atoms in total. The van der Waals surface area contributed by atoms with Crippen molar-refractivity contribution in [3.8, 4) is 0 Å². The van der Waals surface area contributed by atoms with E-state index < -0.39 is 22.2 Å². The molecular formula is C14H18N2O4S. The molecule has 1 heterocycles. The van der Waals surface area contributed by atoms with E-state index in [1.165, 1.54) is 10.4 Å². The molecular weight excluding hydrogens is 292 g/mol. The molecule has 1 atom stereocenters. The highest BCUT2D eigenvalue weighted by atomic mass is 32.2. The predicted octanol–water partition coefficient (Wildman–Crippen LogP) is 0.908. The minimum Gasteiger partial charge on any atom is -0.480 e. The molecule has 7 heteroatoms. The highest BCUT2D eigenvalue weighted by Crippen LogP contribution is 2.20. The van der Waals surface area contributed by atoms with Crippen molar-refractivity contribution in [2.75, 3.05) is 6.54 Å². The highest BCUT2D eigenvalue weighted by Gasteiger charge is 2.30. The molecule has 1 unspecified atom stereocenters. The number of carbonyl (C=O) groups is 1. The fourth-order valence-electron chi connectivity index (χ4n) is 2.30. The molecule has 0 saturated carbocycles. The lowest BCUT2D eigenvalue weighted by molar-refractivity contribution is -0.138. The van der Waals surface area contributed by atoms with Gasteiger partial charge in [0.2, 0.25) is 0 Å². The molecule has 0 amide bonds. The van der Waals surface area contributed by atoms with E-state index in [4.69, 9.17) is 5.11 Å². The van der Waals surface area contributed by atoms with E-state index in [1.54, 1.807) is 0 Å². The van der Waals surface area contributed by atoms with E-state index in [0.29, 0.717) is 13.0 Å². The normalized spacial score (nSPS) is 17.0. The van der Waals surface area contributed by atoms with Gasteiger partial charge in [-0.3, -0.25) is 4.79 Å². The van der Waals surface area contributed by atoms with Gasteiger partial charge < -0.3 is 5.11 Å². The predicted molar refractivity (Wildman–Crippen MR) is 78.8 cm³/mol. The van der Waals surface area contributed by atoms with Gasteiger partial charge in [-0.15, -0.1) is 6.58 Å². The third-order valence-electron chi connectivity index (χ3n) is 3.43. The average molecular weight is 310 g/mol. The van der Waals surface area contributed by atoms with Crippen molar-refractivity contribution in [1.82, 2.24) is 9.03 Å². The van der Waals surface area contributed by atoms with Gasteiger partial charge in [0.05, 0.1) is 0 Å². The smallest absolute Gasteiger partial charge is 0.322 e. The summed E-state index contributed by atoms with van der Waals surface area (Å²) in [6, 6.07) is 6.45. The first-order valence-electron chi connectivity index (χ1n) is 6.62. The third kappa shape index (κ3) is 3.69. The van der Waals surface area contributed by atoms with Crippen LogP contribution in [0.4, 0.5) is 0 Å². The maximum absolute atomic E-state index is 12.3. The van der Waals surface area contributed by atoms with Crippen LogP contribution in [0.15, 0.2) is 36.9 Å². The standard InChI is InChI=1S/C14H18N2O4S/c1-2-5-13(14(17)18)15-21(19,20)16-9-8-11-6-3-4-7-12(11)10-16/h2-4,6-7,13,15H,1,5,8-10H2,(H,17,18). The van der Waals surface area contributed by atoms with Crippen LogP contribution in [0, 0.1) is 0 Å². The van der Waals surface area contributed by atoms with Crippen molar-refractivity contribution in [2.24, 2.45) is 0 Å². The van der Waals surface area contributed by atoms with E-state index in [-0.39, 0.29) is 13.0 Å². The Labute approximate surface area is 124 Å². The Balaban J connectivity index is 2.14. The largest absolute Gasteiger partial charge is 0.480 e. The molecule has 1 aromatic carbocycles. The van der Waals surface area contributed by atoms with Gasteiger partial charge >= 0.3 is 5.97 Å². The summed E-state index contributed by atoms with van der Waals surface area (Å²) in [5, 5.41) is 9.03. The van der Waals surface area contributed by atoms with Crippen LogP contribution in [0.1, 0.15) is 17.5 Å². The SMILES string of the molecule is C=CCC(NS(=O)(=O)N1CCc2ccccc2C1)C(=O)O.